The van der Waals surface area contributed by atoms with Gasteiger partial charge >= 0.3 is 4.87 Å². The number of hydrogen-bond acceptors (Lipinski definition) is 6. The van der Waals surface area contributed by atoms with Gasteiger partial charge in [0.05, 0.1) is 22.5 Å². The first-order chi connectivity index (χ1) is 16.4. The van der Waals surface area contributed by atoms with E-state index in [4.69, 9.17) is 0 Å². The number of phenolic OH excluding ortho intramolecular Hbond substituents is 1. The van der Waals surface area contributed by atoms with Crippen LogP contribution in [-0.4, -0.2) is 27.2 Å². The van der Waals surface area contributed by atoms with Gasteiger partial charge in [-0.15, -0.1) is 11.8 Å². The molecule has 34 heavy (non-hydrogen) atoms. The van der Waals surface area contributed by atoms with Gasteiger partial charge in [0, 0.05) is 21.6 Å². The molecule has 0 radical (unpaired) electrons. The van der Waals surface area contributed by atoms with Gasteiger partial charge in [-0.05, 0) is 54.5 Å². The zero-order valence-corrected chi connectivity index (χ0v) is 19.3. The Morgan fingerprint density at radius 1 is 0.971 bits per heavy atom. The van der Waals surface area contributed by atoms with Crippen LogP contribution < -0.4 is 9.77 Å². The maximum atomic E-state index is 13.6. The number of thiazole rings is 1. The van der Waals surface area contributed by atoms with E-state index in [2.05, 4.69) is 4.98 Å². The van der Waals surface area contributed by atoms with Crippen molar-refractivity contribution in [3.05, 3.63) is 74.5 Å². The molecular weight excluding hydrogens is 475 g/mol. The summed E-state index contributed by atoms with van der Waals surface area (Å²) < 4.78 is 13.5. The number of carbonyl (C=O) groups excluding carboxylic acids is 2. The molecule has 3 aromatic rings. The topological polar surface area (TPSA) is 90.5 Å². The molecule has 2 bridgehead atoms. The fraction of sp³-hybridized carbons (Fsp3) is 0.320. The standard InChI is InChI=1S/C25H19FN2O4S2/c26-10-5-7-11(8-6-10)28-23(30)18-13-9-14(19(18)24(28)31)20-17(13)16(12-3-1-2-4-15(12)29)21-22(33-20)27-25(32)34-21/h1-8,13-14,16-20,29H,9H2,(H,27,32)/t13-,14+,16-,17+,18+,19+,20+/m0/s1. The minimum absolute atomic E-state index is 0.00296. The first kappa shape index (κ1) is 20.5. The Labute approximate surface area is 201 Å². The molecule has 7 rings (SSSR count). The number of aromatic nitrogens is 1. The first-order valence-corrected chi connectivity index (χ1v) is 12.9. The molecule has 2 aliphatic heterocycles. The van der Waals surface area contributed by atoms with E-state index in [1.54, 1.807) is 23.9 Å². The average Bonchev–Trinajstić information content (AvgIpc) is 3.54. The number of amides is 2. The first-order valence-electron chi connectivity index (χ1n) is 11.2. The van der Waals surface area contributed by atoms with E-state index in [0.29, 0.717) is 5.69 Å². The zero-order chi connectivity index (χ0) is 23.3. The number of aromatic hydroxyl groups is 1. The van der Waals surface area contributed by atoms with E-state index >= 15 is 0 Å². The second kappa shape index (κ2) is 7.05. The smallest absolute Gasteiger partial charge is 0.305 e. The van der Waals surface area contributed by atoms with Crippen molar-refractivity contribution in [1.82, 2.24) is 4.98 Å². The van der Waals surface area contributed by atoms with Crippen LogP contribution in [0.3, 0.4) is 0 Å². The molecule has 2 N–H and O–H groups in total. The SMILES string of the molecule is O=C1[C@@H]2[C@H]3C[C@@H]([C@H]4Sc5[nH]c(=O)sc5[C@@H](c5ccccc5O)[C@@H]34)[C@H]2C(=O)N1c1ccc(F)cc1. The number of nitrogens with zero attached hydrogens (tertiary/aromatic N) is 1. The molecule has 2 saturated carbocycles. The van der Waals surface area contributed by atoms with Gasteiger partial charge in [0.2, 0.25) is 11.8 Å². The number of fused-ring (bicyclic) bond motifs is 9. The highest BCUT2D eigenvalue weighted by atomic mass is 32.2. The lowest BCUT2D eigenvalue weighted by Crippen LogP contribution is -2.42. The third-order valence-electron chi connectivity index (χ3n) is 8.08. The van der Waals surface area contributed by atoms with E-state index < -0.39 is 17.7 Å². The van der Waals surface area contributed by atoms with Gasteiger partial charge in [-0.2, -0.15) is 0 Å². The number of phenols is 1. The molecule has 2 aliphatic carbocycles. The number of imide groups is 1. The third kappa shape index (κ3) is 2.59. The van der Waals surface area contributed by atoms with E-state index in [1.165, 1.54) is 29.2 Å². The van der Waals surface area contributed by atoms with Gasteiger partial charge in [0.1, 0.15) is 11.6 Å². The van der Waals surface area contributed by atoms with Gasteiger partial charge in [-0.3, -0.25) is 19.3 Å². The number of rotatable bonds is 2. The van der Waals surface area contributed by atoms with Crippen LogP contribution in [0.25, 0.3) is 0 Å². The summed E-state index contributed by atoms with van der Waals surface area (Å²) in [4.78, 5) is 44.4. The van der Waals surface area contributed by atoms with E-state index in [1.807, 2.05) is 12.1 Å². The van der Waals surface area contributed by atoms with Gasteiger partial charge in [-0.25, -0.2) is 4.39 Å². The van der Waals surface area contributed by atoms with Crippen LogP contribution in [0.5, 0.6) is 5.75 Å². The largest absolute Gasteiger partial charge is 0.508 e. The molecule has 1 aromatic heterocycles. The minimum atomic E-state index is -0.435. The normalized spacial score (nSPS) is 33.2. The minimum Gasteiger partial charge on any atom is -0.508 e. The number of thioether (sulfide) groups is 1. The molecule has 3 heterocycles. The van der Waals surface area contributed by atoms with Gasteiger partial charge < -0.3 is 10.1 Å². The third-order valence-corrected chi connectivity index (χ3v) is 10.7. The number of aromatic amines is 1. The van der Waals surface area contributed by atoms with Crippen molar-refractivity contribution in [2.75, 3.05) is 4.90 Å². The maximum Gasteiger partial charge on any atom is 0.305 e. The fourth-order valence-corrected chi connectivity index (χ4v) is 9.84. The highest BCUT2D eigenvalue weighted by Crippen LogP contribution is 2.69. The van der Waals surface area contributed by atoms with Crippen LogP contribution in [0.1, 0.15) is 22.8 Å². The molecule has 0 unspecified atom stereocenters. The lowest BCUT2D eigenvalue weighted by molar-refractivity contribution is -0.123. The summed E-state index contributed by atoms with van der Waals surface area (Å²) in [5, 5.41) is 11.6. The van der Waals surface area contributed by atoms with Crippen molar-refractivity contribution in [1.29, 1.82) is 0 Å². The van der Waals surface area contributed by atoms with Crippen LogP contribution in [-0.2, 0) is 9.59 Å². The van der Waals surface area contributed by atoms with Gasteiger partial charge in [0.15, 0.2) is 0 Å². The summed E-state index contributed by atoms with van der Waals surface area (Å²) in [5.41, 5.74) is 1.16. The molecule has 7 atom stereocenters. The molecule has 3 fully saturated rings. The molecule has 1 saturated heterocycles. The molecule has 0 spiro atoms. The Kier molecular flexibility index (Phi) is 4.24. The van der Waals surface area contributed by atoms with Crippen molar-refractivity contribution in [2.45, 2.75) is 22.6 Å². The number of anilines is 1. The lowest BCUT2D eigenvalue weighted by atomic mass is 9.68. The quantitative estimate of drug-likeness (QED) is 0.527. The molecule has 4 aliphatic rings. The van der Waals surface area contributed by atoms with Gasteiger partial charge in [-0.1, -0.05) is 29.5 Å². The summed E-state index contributed by atoms with van der Waals surface area (Å²) in [6.07, 6.45) is 0.773. The summed E-state index contributed by atoms with van der Waals surface area (Å²) >= 11 is 2.77. The fourth-order valence-electron chi connectivity index (χ4n) is 6.96. The summed E-state index contributed by atoms with van der Waals surface area (Å²) in [6, 6.07) is 12.6. The number of halogens is 1. The summed E-state index contributed by atoms with van der Waals surface area (Å²) in [7, 11) is 0. The van der Waals surface area contributed by atoms with Crippen LogP contribution in [0.2, 0.25) is 0 Å². The molecule has 2 aromatic carbocycles. The Morgan fingerprint density at radius 2 is 1.68 bits per heavy atom. The number of para-hydroxylation sites is 1. The Hall–Kier alpha value is -2.91. The predicted molar refractivity (Wildman–Crippen MR) is 125 cm³/mol. The van der Waals surface area contributed by atoms with Crippen molar-refractivity contribution in [3.8, 4) is 5.75 Å². The van der Waals surface area contributed by atoms with Crippen molar-refractivity contribution < 1.29 is 19.1 Å². The average molecular weight is 495 g/mol. The van der Waals surface area contributed by atoms with Crippen molar-refractivity contribution in [3.63, 3.8) is 0 Å². The Balaban J connectivity index is 1.34. The molecule has 6 nitrogen and oxygen atoms in total. The molecule has 9 heteroatoms. The summed E-state index contributed by atoms with van der Waals surface area (Å²) in [5.74, 6) is -1.76. The highest BCUT2D eigenvalue weighted by Gasteiger charge is 2.69. The highest BCUT2D eigenvalue weighted by molar-refractivity contribution is 8.00. The molecule has 172 valence electrons. The van der Waals surface area contributed by atoms with Crippen LogP contribution >= 0.6 is 23.1 Å². The second-order valence-corrected chi connectivity index (χ2v) is 11.7. The van der Waals surface area contributed by atoms with Crippen molar-refractivity contribution >= 4 is 40.6 Å². The number of hydrogen-bond donors (Lipinski definition) is 2. The monoisotopic (exact) mass is 494 g/mol. The van der Waals surface area contributed by atoms with E-state index in [0.717, 1.165) is 33.2 Å². The molecular formula is C25H19FN2O4S2. The number of benzene rings is 2. The Morgan fingerprint density at radius 3 is 2.41 bits per heavy atom. The number of carbonyl (C=O) groups is 2. The van der Waals surface area contributed by atoms with E-state index in [9.17, 15) is 23.9 Å². The second-order valence-electron chi connectivity index (χ2n) is 9.51. The predicted octanol–water partition coefficient (Wildman–Crippen LogP) is 3.96. The van der Waals surface area contributed by atoms with Crippen LogP contribution in [0.15, 0.2) is 58.4 Å². The Bertz CT molecular complexity index is 1420. The number of nitrogens with one attached hydrogen (secondary N) is 1. The van der Waals surface area contributed by atoms with Crippen LogP contribution in [0, 0.1) is 35.4 Å². The molecule has 2 amide bonds. The number of H-pyrrole nitrogens is 1. The maximum absolute atomic E-state index is 13.6. The lowest BCUT2D eigenvalue weighted by Gasteiger charge is -2.43. The van der Waals surface area contributed by atoms with Crippen molar-refractivity contribution in [2.24, 2.45) is 29.6 Å². The van der Waals surface area contributed by atoms with Gasteiger partial charge in [0.25, 0.3) is 0 Å². The zero-order valence-electron chi connectivity index (χ0n) is 17.7. The van der Waals surface area contributed by atoms with Crippen LogP contribution in [0.4, 0.5) is 10.1 Å². The summed E-state index contributed by atoms with van der Waals surface area (Å²) in [6.45, 7) is 0. The van der Waals surface area contributed by atoms with E-state index in [-0.39, 0.29) is 51.4 Å².